The third-order valence-electron chi connectivity index (χ3n) is 3.72. The molecule has 1 aromatic carbocycles. The molecule has 3 rings (SSSR count). The highest BCUT2D eigenvalue weighted by Crippen LogP contribution is 2.18. The fourth-order valence-corrected chi connectivity index (χ4v) is 2.79. The van der Waals surface area contributed by atoms with Crippen molar-refractivity contribution in [2.24, 2.45) is 5.73 Å². The van der Waals surface area contributed by atoms with Crippen LogP contribution >= 0.6 is 15.9 Å². The second kappa shape index (κ2) is 6.64. The Balaban J connectivity index is 1.73. The SMILES string of the molecule is N[C@@H]1CCN(C(=O)C=Cc2ccc(-n3cc(Br)cn3)c(F)c2)C1. The Morgan fingerprint density at radius 1 is 1.48 bits per heavy atom. The number of hydrogen-bond acceptors (Lipinski definition) is 3. The first-order valence-corrected chi connectivity index (χ1v) is 8.05. The van der Waals surface area contributed by atoms with Crippen molar-refractivity contribution in [1.82, 2.24) is 14.7 Å². The van der Waals surface area contributed by atoms with E-state index in [1.54, 1.807) is 35.5 Å². The Labute approximate surface area is 141 Å². The second-order valence-electron chi connectivity index (χ2n) is 5.48. The molecule has 0 spiro atoms. The van der Waals surface area contributed by atoms with Crippen LogP contribution < -0.4 is 5.73 Å². The zero-order valence-electron chi connectivity index (χ0n) is 12.3. The van der Waals surface area contributed by atoms with Crippen molar-refractivity contribution in [2.45, 2.75) is 12.5 Å². The number of hydrogen-bond donors (Lipinski definition) is 1. The van der Waals surface area contributed by atoms with Gasteiger partial charge in [0.25, 0.3) is 0 Å². The minimum Gasteiger partial charge on any atom is -0.338 e. The lowest BCUT2D eigenvalue weighted by Gasteiger charge is -2.12. The monoisotopic (exact) mass is 378 g/mol. The number of likely N-dealkylation sites (tertiary alicyclic amines) is 1. The maximum Gasteiger partial charge on any atom is 0.246 e. The summed E-state index contributed by atoms with van der Waals surface area (Å²) in [6.45, 7) is 1.25. The number of carbonyl (C=O) groups excluding carboxylic acids is 1. The first-order valence-electron chi connectivity index (χ1n) is 7.25. The molecule has 0 aliphatic carbocycles. The summed E-state index contributed by atoms with van der Waals surface area (Å²) >= 11 is 3.28. The summed E-state index contributed by atoms with van der Waals surface area (Å²) < 4.78 is 16.4. The van der Waals surface area contributed by atoms with Crippen molar-refractivity contribution in [3.05, 3.63) is 52.5 Å². The molecule has 1 fully saturated rings. The Hall–Kier alpha value is -1.99. The molecule has 0 radical (unpaired) electrons. The van der Waals surface area contributed by atoms with Gasteiger partial charge < -0.3 is 10.6 Å². The summed E-state index contributed by atoms with van der Waals surface area (Å²) in [7, 11) is 0. The molecule has 1 atom stereocenters. The predicted octanol–water partition coefficient (Wildman–Crippen LogP) is 2.35. The van der Waals surface area contributed by atoms with E-state index >= 15 is 0 Å². The molecule has 7 heteroatoms. The second-order valence-corrected chi connectivity index (χ2v) is 6.40. The van der Waals surface area contributed by atoms with Crippen molar-refractivity contribution in [3.8, 4) is 5.69 Å². The average Bonchev–Trinajstić information content (AvgIpc) is 3.13. The number of nitrogens with two attached hydrogens (primary N) is 1. The van der Waals surface area contributed by atoms with E-state index in [0.717, 1.165) is 10.9 Å². The van der Waals surface area contributed by atoms with Crippen molar-refractivity contribution < 1.29 is 9.18 Å². The standard InChI is InChI=1S/C16H16BrFN4O/c17-12-8-20-22(9-12)15-3-1-11(7-14(15)18)2-4-16(23)21-6-5-13(19)10-21/h1-4,7-9,13H,5-6,10,19H2/t13-/m1/s1. The summed E-state index contributed by atoms with van der Waals surface area (Å²) in [5.74, 6) is -0.503. The Kier molecular flexibility index (Phi) is 4.58. The summed E-state index contributed by atoms with van der Waals surface area (Å²) in [6.07, 6.45) is 7.15. The maximum absolute atomic E-state index is 14.2. The summed E-state index contributed by atoms with van der Waals surface area (Å²) in [4.78, 5) is 13.7. The molecule has 1 aliphatic rings. The van der Waals surface area contributed by atoms with E-state index in [1.165, 1.54) is 16.8 Å². The Morgan fingerprint density at radius 3 is 2.91 bits per heavy atom. The van der Waals surface area contributed by atoms with Crippen LogP contribution in [0.2, 0.25) is 0 Å². The lowest BCUT2D eigenvalue weighted by Crippen LogP contribution is -2.30. The molecule has 1 amide bonds. The molecule has 0 unspecified atom stereocenters. The van der Waals surface area contributed by atoms with E-state index in [2.05, 4.69) is 21.0 Å². The number of carbonyl (C=O) groups is 1. The van der Waals surface area contributed by atoms with Crippen LogP contribution in [0, 0.1) is 5.82 Å². The van der Waals surface area contributed by atoms with Gasteiger partial charge in [0.15, 0.2) is 0 Å². The number of rotatable bonds is 3. The molecule has 1 aliphatic heterocycles. The molecule has 5 nitrogen and oxygen atoms in total. The van der Waals surface area contributed by atoms with Crippen molar-refractivity contribution in [2.75, 3.05) is 13.1 Å². The van der Waals surface area contributed by atoms with Crippen LogP contribution in [-0.2, 0) is 4.79 Å². The molecule has 1 aromatic heterocycles. The van der Waals surface area contributed by atoms with Crippen LogP contribution in [0.3, 0.4) is 0 Å². The molecule has 0 bridgehead atoms. The molecule has 2 heterocycles. The Bertz CT molecular complexity index is 758. The van der Waals surface area contributed by atoms with Crippen LogP contribution in [0.4, 0.5) is 4.39 Å². The number of nitrogens with zero attached hydrogens (tertiary/aromatic N) is 3. The highest BCUT2D eigenvalue weighted by Gasteiger charge is 2.21. The van der Waals surface area contributed by atoms with Gasteiger partial charge in [0.1, 0.15) is 11.5 Å². The van der Waals surface area contributed by atoms with Crippen LogP contribution in [0.1, 0.15) is 12.0 Å². The van der Waals surface area contributed by atoms with E-state index < -0.39 is 5.82 Å². The fourth-order valence-electron chi connectivity index (χ4n) is 2.51. The first kappa shape index (κ1) is 15.9. The number of aromatic nitrogens is 2. The highest BCUT2D eigenvalue weighted by molar-refractivity contribution is 9.10. The van der Waals surface area contributed by atoms with Crippen molar-refractivity contribution in [3.63, 3.8) is 0 Å². The normalized spacial score (nSPS) is 18.0. The summed E-state index contributed by atoms with van der Waals surface area (Å²) in [5.41, 5.74) is 6.76. The van der Waals surface area contributed by atoms with Gasteiger partial charge in [0, 0.05) is 31.4 Å². The summed E-state index contributed by atoms with van der Waals surface area (Å²) in [5, 5.41) is 4.05. The minimum absolute atomic E-state index is 0.0532. The molecule has 1 saturated heterocycles. The molecule has 0 saturated carbocycles. The number of amides is 1. The van der Waals surface area contributed by atoms with Gasteiger partial charge in [-0.05, 0) is 46.1 Å². The van der Waals surface area contributed by atoms with E-state index in [0.29, 0.717) is 24.3 Å². The van der Waals surface area contributed by atoms with Gasteiger partial charge in [-0.3, -0.25) is 4.79 Å². The zero-order valence-corrected chi connectivity index (χ0v) is 13.9. The van der Waals surface area contributed by atoms with Crippen LogP contribution in [0.5, 0.6) is 0 Å². The average molecular weight is 379 g/mol. The number of benzene rings is 1. The van der Waals surface area contributed by atoms with Crippen LogP contribution in [0.15, 0.2) is 41.1 Å². The lowest BCUT2D eigenvalue weighted by molar-refractivity contribution is -0.124. The van der Waals surface area contributed by atoms with Gasteiger partial charge in [-0.1, -0.05) is 6.07 Å². The van der Waals surface area contributed by atoms with Crippen molar-refractivity contribution in [1.29, 1.82) is 0 Å². The highest BCUT2D eigenvalue weighted by atomic mass is 79.9. The largest absolute Gasteiger partial charge is 0.338 e. The van der Waals surface area contributed by atoms with E-state index in [9.17, 15) is 9.18 Å². The molecule has 2 aromatic rings. The maximum atomic E-state index is 14.2. The van der Waals surface area contributed by atoms with Crippen LogP contribution in [0.25, 0.3) is 11.8 Å². The van der Waals surface area contributed by atoms with Gasteiger partial charge in [0.2, 0.25) is 5.91 Å². The van der Waals surface area contributed by atoms with Crippen molar-refractivity contribution >= 4 is 27.9 Å². The third kappa shape index (κ3) is 3.68. The topological polar surface area (TPSA) is 64.2 Å². The van der Waals surface area contributed by atoms with E-state index in [1.807, 2.05) is 0 Å². The van der Waals surface area contributed by atoms with Gasteiger partial charge in [-0.2, -0.15) is 5.10 Å². The van der Waals surface area contributed by atoms with Gasteiger partial charge >= 0.3 is 0 Å². The van der Waals surface area contributed by atoms with Crippen LogP contribution in [-0.4, -0.2) is 39.7 Å². The number of halogens is 2. The first-order chi connectivity index (χ1) is 11.0. The zero-order chi connectivity index (χ0) is 16.4. The molecular weight excluding hydrogens is 363 g/mol. The third-order valence-corrected chi connectivity index (χ3v) is 4.13. The molecule has 2 N–H and O–H groups in total. The lowest BCUT2D eigenvalue weighted by atomic mass is 10.2. The summed E-state index contributed by atoms with van der Waals surface area (Å²) in [6, 6.07) is 4.81. The van der Waals surface area contributed by atoms with Gasteiger partial charge in [-0.25, -0.2) is 9.07 Å². The molecule has 120 valence electrons. The quantitative estimate of drug-likeness (QED) is 0.833. The fraction of sp³-hybridized carbons (Fsp3) is 0.250. The molecular formula is C16H16BrFN4O. The predicted molar refractivity (Wildman–Crippen MR) is 89.4 cm³/mol. The Morgan fingerprint density at radius 2 is 2.30 bits per heavy atom. The molecule has 23 heavy (non-hydrogen) atoms. The minimum atomic E-state index is -0.404. The van der Waals surface area contributed by atoms with E-state index in [4.69, 9.17) is 5.73 Å². The smallest absolute Gasteiger partial charge is 0.246 e. The van der Waals surface area contributed by atoms with Gasteiger partial charge in [0.05, 0.1) is 10.7 Å². The van der Waals surface area contributed by atoms with E-state index in [-0.39, 0.29) is 11.9 Å². The van der Waals surface area contributed by atoms with Gasteiger partial charge in [-0.15, -0.1) is 0 Å².